The zero-order valence-electron chi connectivity index (χ0n) is 25.3. The molecular formula is C34H34ClN3O5S. The van der Waals surface area contributed by atoms with E-state index in [4.69, 9.17) is 30.8 Å². The zero-order chi connectivity index (χ0) is 31.4. The molecule has 0 fully saturated rings. The van der Waals surface area contributed by atoms with Crippen LogP contribution in [0.4, 0.5) is 0 Å². The Hall–Kier alpha value is -4.34. The van der Waals surface area contributed by atoms with E-state index in [9.17, 15) is 9.59 Å². The topological polar surface area (TPSA) is 82.4 Å². The second kappa shape index (κ2) is 13.5. The first kappa shape index (κ1) is 31.1. The van der Waals surface area contributed by atoms with Gasteiger partial charge in [0.25, 0.3) is 11.5 Å². The summed E-state index contributed by atoms with van der Waals surface area (Å²) in [5, 5.41) is 0.670. The van der Waals surface area contributed by atoms with Crippen LogP contribution in [0.2, 0.25) is 5.02 Å². The third kappa shape index (κ3) is 6.30. The number of fused-ring (bicyclic) bond motifs is 1. The molecule has 0 aliphatic carbocycles. The lowest BCUT2D eigenvalue weighted by molar-refractivity contribution is -0.127. The lowest BCUT2D eigenvalue weighted by atomic mass is 9.93. The minimum Gasteiger partial charge on any atom is -0.497 e. The van der Waals surface area contributed by atoms with Crippen molar-refractivity contribution >= 4 is 34.9 Å². The number of methoxy groups -OCH3 is 2. The average molecular weight is 632 g/mol. The minimum absolute atomic E-state index is 0.175. The summed E-state index contributed by atoms with van der Waals surface area (Å²) < 4.78 is 19.3. The molecule has 0 unspecified atom stereocenters. The van der Waals surface area contributed by atoms with E-state index in [0.717, 1.165) is 11.1 Å². The Kier molecular flexibility index (Phi) is 9.56. The van der Waals surface area contributed by atoms with Crippen LogP contribution in [0.5, 0.6) is 17.2 Å². The molecule has 0 bridgehead atoms. The van der Waals surface area contributed by atoms with Gasteiger partial charge >= 0.3 is 0 Å². The van der Waals surface area contributed by atoms with Crippen LogP contribution in [-0.2, 0) is 11.4 Å². The highest BCUT2D eigenvalue weighted by Crippen LogP contribution is 2.38. The fraction of sp³-hybridized carbons (Fsp3) is 0.265. The molecule has 10 heteroatoms. The average Bonchev–Trinajstić information content (AvgIpc) is 3.34. The Bertz CT molecular complexity index is 1890. The molecular weight excluding hydrogens is 598 g/mol. The van der Waals surface area contributed by atoms with Gasteiger partial charge in [0.15, 0.2) is 4.80 Å². The van der Waals surface area contributed by atoms with Gasteiger partial charge in [0.2, 0.25) is 0 Å². The number of nitrogens with zero attached hydrogens (tertiary/aromatic N) is 3. The van der Waals surface area contributed by atoms with Gasteiger partial charge in [-0.05, 0) is 80.4 Å². The number of carbonyl (C=O) groups is 1. The van der Waals surface area contributed by atoms with Crippen molar-refractivity contribution < 1.29 is 19.0 Å². The second-order valence-corrected chi connectivity index (χ2v) is 11.6. The Morgan fingerprint density at radius 1 is 1.02 bits per heavy atom. The monoisotopic (exact) mass is 631 g/mol. The van der Waals surface area contributed by atoms with E-state index < -0.39 is 6.04 Å². The van der Waals surface area contributed by atoms with Crippen LogP contribution < -0.4 is 29.1 Å². The Morgan fingerprint density at radius 2 is 1.77 bits per heavy atom. The van der Waals surface area contributed by atoms with Gasteiger partial charge in [0, 0.05) is 23.7 Å². The van der Waals surface area contributed by atoms with E-state index in [1.165, 1.54) is 11.3 Å². The van der Waals surface area contributed by atoms with Gasteiger partial charge in [-0.15, -0.1) is 0 Å². The summed E-state index contributed by atoms with van der Waals surface area (Å²) >= 11 is 7.27. The molecule has 1 amide bonds. The van der Waals surface area contributed by atoms with E-state index >= 15 is 0 Å². The van der Waals surface area contributed by atoms with Crippen LogP contribution in [0.25, 0.3) is 6.08 Å². The second-order valence-electron chi connectivity index (χ2n) is 10.2. The smallest absolute Gasteiger partial charge is 0.271 e. The van der Waals surface area contributed by atoms with Crippen LogP contribution in [-0.4, -0.2) is 42.7 Å². The number of rotatable bonds is 10. The molecule has 1 aromatic heterocycles. The number of ether oxygens (including phenoxy) is 3. The maximum Gasteiger partial charge on any atom is 0.271 e. The molecule has 0 radical (unpaired) electrons. The zero-order valence-corrected chi connectivity index (χ0v) is 26.9. The molecule has 1 aliphatic rings. The molecule has 1 aliphatic heterocycles. The number of allylic oxidation sites excluding steroid dienone is 1. The summed E-state index contributed by atoms with van der Waals surface area (Å²) in [5.41, 5.74) is 3.16. The van der Waals surface area contributed by atoms with Crippen molar-refractivity contribution in [2.24, 2.45) is 4.99 Å². The molecule has 228 valence electrons. The highest BCUT2D eigenvalue weighted by Gasteiger charge is 2.36. The molecule has 0 saturated carbocycles. The first-order valence-electron chi connectivity index (χ1n) is 14.3. The summed E-state index contributed by atoms with van der Waals surface area (Å²) in [6.07, 6.45) is 1.82. The molecule has 1 atom stereocenters. The lowest BCUT2D eigenvalue weighted by Crippen LogP contribution is -2.43. The van der Waals surface area contributed by atoms with E-state index in [-0.39, 0.29) is 11.5 Å². The summed E-state index contributed by atoms with van der Waals surface area (Å²) in [5.74, 6) is 1.62. The normalized spacial score (nSPS) is 14.6. The summed E-state index contributed by atoms with van der Waals surface area (Å²) in [6, 6.07) is 19.7. The fourth-order valence-electron chi connectivity index (χ4n) is 5.22. The van der Waals surface area contributed by atoms with Gasteiger partial charge in [0.1, 0.15) is 29.9 Å². The van der Waals surface area contributed by atoms with Crippen molar-refractivity contribution in [3.05, 3.63) is 119 Å². The Labute approximate surface area is 265 Å². The van der Waals surface area contributed by atoms with Crippen LogP contribution in [0, 0.1) is 0 Å². The number of likely N-dealkylation sites (N-methyl/N-ethyl adjacent to an activating group) is 1. The number of carbonyl (C=O) groups excluding carboxylic acids is 1. The first-order valence-corrected chi connectivity index (χ1v) is 15.5. The maximum absolute atomic E-state index is 14.2. The van der Waals surface area contributed by atoms with Gasteiger partial charge in [-0.2, -0.15) is 0 Å². The Balaban J connectivity index is 1.61. The van der Waals surface area contributed by atoms with E-state index in [1.54, 1.807) is 35.8 Å². The third-order valence-electron chi connectivity index (χ3n) is 7.51. The molecule has 44 heavy (non-hydrogen) atoms. The van der Waals surface area contributed by atoms with Crippen molar-refractivity contribution in [3.8, 4) is 17.2 Å². The molecule has 5 rings (SSSR count). The van der Waals surface area contributed by atoms with Crippen molar-refractivity contribution in [1.29, 1.82) is 0 Å². The van der Waals surface area contributed by atoms with Crippen LogP contribution in [0.15, 0.2) is 87.8 Å². The van der Waals surface area contributed by atoms with Gasteiger partial charge in [-0.25, -0.2) is 4.99 Å². The molecule has 0 saturated heterocycles. The first-order chi connectivity index (χ1) is 21.3. The number of hydrogen-bond donors (Lipinski definition) is 0. The number of halogens is 1. The number of thiazole rings is 1. The molecule has 2 heterocycles. The molecule has 3 aromatic carbocycles. The maximum atomic E-state index is 14.2. The van der Waals surface area contributed by atoms with Gasteiger partial charge in [-0.3, -0.25) is 14.2 Å². The SMILES string of the molecule is CCN(CC)C(=O)C1=C(C)N=c2s/c(=C/c3cccc(OCc4ccc(Cl)cc4)c3)c(=O)n2[C@@H]1c1cc(OC)ccc1OC. The largest absolute Gasteiger partial charge is 0.497 e. The van der Waals surface area contributed by atoms with Crippen molar-refractivity contribution in [2.45, 2.75) is 33.4 Å². The van der Waals surface area contributed by atoms with Gasteiger partial charge in [0.05, 0.1) is 30.0 Å². The van der Waals surface area contributed by atoms with Crippen LogP contribution in [0.3, 0.4) is 0 Å². The predicted octanol–water partition coefficient (Wildman–Crippen LogP) is 5.35. The van der Waals surface area contributed by atoms with Gasteiger partial charge < -0.3 is 19.1 Å². The minimum atomic E-state index is -0.763. The van der Waals surface area contributed by atoms with E-state index in [0.29, 0.717) is 68.1 Å². The third-order valence-corrected chi connectivity index (χ3v) is 8.74. The summed E-state index contributed by atoms with van der Waals surface area (Å²) in [7, 11) is 3.15. The number of amides is 1. The predicted molar refractivity (Wildman–Crippen MR) is 173 cm³/mol. The summed E-state index contributed by atoms with van der Waals surface area (Å²) in [6.45, 7) is 7.11. The Morgan fingerprint density at radius 3 is 2.45 bits per heavy atom. The van der Waals surface area contributed by atoms with Gasteiger partial charge in [-0.1, -0.05) is 47.2 Å². The standard InChI is InChI=1S/C34H34ClN3O5S/c1-6-37(7-2)33(40)30-21(3)36-34-38(31(30)27-19-25(41-4)15-16-28(27)42-5)32(39)29(44-34)18-23-9-8-10-26(17-23)43-20-22-11-13-24(35)14-12-22/h8-19,31H,6-7,20H2,1-5H3/b29-18+/t31-/m1/s1. The molecule has 0 N–H and O–H groups in total. The molecule has 4 aromatic rings. The van der Waals surface area contributed by atoms with Crippen LogP contribution >= 0.6 is 22.9 Å². The summed E-state index contributed by atoms with van der Waals surface area (Å²) in [4.78, 5) is 35.1. The van der Waals surface area contributed by atoms with E-state index in [2.05, 4.69) is 0 Å². The number of aromatic nitrogens is 1. The quantitative estimate of drug-likeness (QED) is 0.236. The highest BCUT2D eigenvalue weighted by atomic mass is 35.5. The fourth-order valence-corrected chi connectivity index (χ4v) is 6.39. The number of benzene rings is 3. The van der Waals surface area contributed by atoms with Crippen molar-refractivity contribution in [3.63, 3.8) is 0 Å². The van der Waals surface area contributed by atoms with Crippen molar-refractivity contribution in [2.75, 3.05) is 27.3 Å². The van der Waals surface area contributed by atoms with Crippen LogP contribution in [0.1, 0.15) is 43.5 Å². The lowest BCUT2D eigenvalue weighted by Gasteiger charge is -2.30. The molecule has 0 spiro atoms. The van der Waals surface area contributed by atoms with Crippen molar-refractivity contribution in [1.82, 2.24) is 9.47 Å². The molecule has 8 nitrogen and oxygen atoms in total. The highest BCUT2D eigenvalue weighted by molar-refractivity contribution is 7.07. The van der Waals surface area contributed by atoms with E-state index in [1.807, 2.05) is 81.4 Å². The number of hydrogen-bond acceptors (Lipinski definition) is 7.